The molecule has 1 heterocycles. The summed E-state index contributed by atoms with van der Waals surface area (Å²) in [6, 6.07) is 15.8. The summed E-state index contributed by atoms with van der Waals surface area (Å²) in [4.78, 5) is 26.8. The highest BCUT2D eigenvalue weighted by Crippen LogP contribution is 2.46. The molecule has 2 aromatic rings. The Labute approximate surface area is 191 Å². The lowest BCUT2D eigenvalue weighted by Crippen LogP contribution is -2.74. The Bertz CT molecular complexity index is 940. The van der Waals surface area contributed by atoms with Crippen molar-refractivity contribution in [3.63, 3.8) is 0 Å². The predicted molar refractivity (Wildman–Crippen MR) is 126 cm³/mol. The largest absolute Gasteiger partial charge is 0.457 e. The number of likely N-dealkylation sites (tertiary alicyclic amines) is 1. The molecule has 2 aromatic carbocycles. The van der Waals surface area contributed by atoms with Crippen LogP contribution in [0, 0.1) is 13.8 Å². The van der Waals surface area contributed by atoms with E-state index in [0.29, 0.717) is 4.48 Å². The highest BCUT2D eigenvalue weighted by molar-refractivity contribution is 5.99. The van der Waals surface area contributed by atoms with Crippen LogP contribution in [0.4, 0.5) is 5.69 Å². The van der Waals surface area contributed by atoms with Crippen LogP contribution in [-0.4, -0.2) is 41.5 Å². The molecule has 2 fully saturated rings. The molecule has 0 unspecified atom stereocenters. The Morgan fingerprint density at radius 1 is 0.906 bits per heavy atom. The molecule has 0 aromatic heterocycles. The summed E-state index contributed by atoms with van der Waals surface area (Å²) < 4.78 is 6.21. The van der Waals surface area contributed by atoms with Crippen LogP contribution in [0.1, 0.15) is 55.2 Å². The summed E-state index contributed by atoms with van der Waals surface area (Å²) in [6.07, 6.45) is 5.94. The molecule has 32 heavy (non-hydrogen) atoms. The third-order valence-corrected chi connectivity index (χ3v) is 7.58. The van der Waals surface area contributed by atoms with Crippen molar-refractivity contribution in [2.75, 3.05) is 25.0 Å². The minimum absolute atomic E-state index is 0.0684. The monoisotopic (exact) mass is 435 g/mol. The van der Waals surface area contributed by atoms with Gasteiger partial charge in [-0.1, -0.05) is 48.5 Å². The van der Waals surface area contributed by atoms with E-state index in [1.807, 2.05) is 62.4 Å². The average molecular weight is 436 g/mol. The number of esters is 1. The standard InChI is InChI=1S/C27H34N2O3/c1-21-11-9-12-22(2)25(21)28-26(31)27(15-10-16-27)29(17-7-4-8-18-29)19-24(30)32-20-23-13-5-3-6-14-23/h3,5-6,9,11-14H,4,7-8,10,15-20H2,1-2H3/p+1. The first-order chi connectivity index (χ1) is 15.5. The van der Waals surface area contributed by atoms with Gasteiger partial charge >= 0.3 is 5.97 Å². The van der Waals surface area contributed by atoms with Gasteiger partial charge in [-0.25, -0.2) is 4.79 Å². The highest BCUT2D eigenvalue weighted by Gasteiger charge is 2.61. The van der Waals surface area contributed by atoms with Gasteiger partial charge in [0.05, 0.1) is 13.1 Å². The Morgan fingerprint density at radius 2 is 1.56 bits per heavy atom. The number of hydrogen-bond acceptors (Lipinski definition) is 3. The van der Waals surface area contributed by atoms with E-state index < -0.39 is 5.54 Å². The van der Waals surface area contributed by atoms with Crippen molar-refractivity contribution in [3.8, 4) is 0 Å². The van der Waals surface area contributed by atoms with Crippen LogP contribution < -0.4 is 5.32 Å². The molecule has 0 bridgehead atoms. The normalized spacial score (nSPS) is 18.9. The van der Waals surface area contributed by atoms with Gasteiger partial charge in [0.2, 0.25) is 0 Å². The van der Waals surface area contributed by atoms with Gasteiger partial charge in [-0.05, 0) is 56.2 Å². The SMILES string of the molecule is Cc1cccc(C)c1NC(=O)C1([N+]2(CC(=O)OCc3ccccc3)CCCCC2)CCC1. The molecule has 1 saturated heterocycles. The van der Waals surface area contributed by atoms with Crippen LogP contribution >= 0.6 is 0 Å². The first kappa shape index (κ1) is 22.5. The van der Waals surface area contributed by atoms with E-state index in [1.165, 1.54) is 0 Å². The Morgan fingerprint density at radius 3 is 2.16 bits per heavy atom. The smallest absolute Gasteiger partial charge is 0.362 e. The first-order valence-corrected chi connectivity index (χ1v) is 11.9. The minimum atomic E-state index is -0.541. The van der Waals surface area contributed by atoms with Gasteiger partial charge in [0, 0.05) is 18.5 Å². The summed E-state index contributed by atoms with van der Waals surface area (Å²) in [5.74, 6) is -0.138. The van der Waals surface area contributed by atoms with E-state index in [-0.39, 0.29) is 25.0 Å². The fourth-order valence-corrected chi connectivity index (χ4v) is 5.56. The number of ether oxygens (including phenoxy) is 1. The zero-order valence-electron chi connectivity index (χ0n) is 19.4. The Balaban J connectivity index is 1.54. The van der Waals surface area contributed by atoms with Crippen molar-refractivity contribution in [2.45, 2.75) is 64.5 Å². The van der Waals surface area contributed by atoms with E-state index in [4.69, 9.17) is 4.74 Å². The zero-order valence-corrected chi connectivity index (χ0v) is 19.4. The van der Waals surface area contributed by atoms with Crippen LogP contribution in [0.25, 0.3) is 0 Å². The van der Waals surface area contributed by atoms with Gasteiger partial charge in [0.15, 0.2) is 12.1 Å². The van der Waals surface area contributed by atoms with E-state index in [2.05, 4.69) is 5.32 Å². The lowest BCUT2D eigenvalue weighted by Gasteiger charge is -2.57. The molecule has 2 aliphatic rings. The van der Waals surface area contributed by atoms with Crippen molar-refractivity contribution in [1.82, 2.24) is 0 Å². The highest BCUT2D eigenvalue weighted by atomic mass is 16.5. The van der Waals surface area contributed by atoms with E-state index in [1.54, 1.807) is 0 Å². The maximum absolute atomic E-state index is 13.8. The van der Waals surface area contributed by atoms with E-state index in [0.717, 1.165) is 74.0 Å². The molecule has 1 amide bonds. The lowest BCUT2D eigenvalue weighted by atomic mass is 9.71. The molecule has 1 aliphatic heterocycles. The molecule has 0 radical (unpaired) electrons. The minimum Gasteiger partial charge on any atom is -0.457 e. The molecule has 1 N–H and O–H groups in total. The van der Waals surface area contributed by atoms with Crippen LogP contribution in [-0.2, 0) is 20.9 Å². The Kier molecular flexibility index (Phi) is 6.66. The Hall–Kier alpha value is -2.66. The summed E-state index contributed by atoms with van der Waals surface area (Å²) >= 11 is 0. The molecular weight excluding hydrogens is 400 g/mol. The van der Waals surface area contributed by atoms with E-state index in [9.17, 15) is 9.59 Å². The molecule has 1 saturated carbocycles. The number of rotatable bonds is 7. The molecule has 5 heteroatoms. The number of piperidine rings is 1. The number of anilines is 1. The molecule has 170 valence electrons. The van der Waals surface area contributed by atoms with Crippen LogP contribution in [0.3, 0.4) is 0 Å². The molecular formula is C27H35N2O3+. The van der Waals surface area contributed by atoms with Crippen LogP contribution in [0.2, 0.25) is 0 Å². The van der Waals surface area contributed by atoms with Gasteiger partial charge in [-0.2, -0.15) is 0 Å². The van der Waals surface area contributed by atoms with Crippen LogP contribution in [0.15, 0.2) is 48.5 Å². The van der Waals surface area contributed by atoms with Gasteiger partial charge in [-0.3, -0.25) is 4.79 Å². The van der Waals surface area contributed by atoms with Crippen molar-refractivity contribution < 1.29 is 18.8 Å². The quantitative estimate of drug-likeness (QED) is 0.497. The molecule has 1 aliphatic carbocycles. The second-order valence-corrected chi connectivity index (χ2v) is 9.56. The van der Waals surface area contributed by atoms with Gasteiger partial charge in [0.1, 0.15) is 6.61 Å². The van der Waals surface area contributed by atoms with Crippen molar-refractivity contribution in [2.24, 2.45) is 0 Å². The lowest BCUT2D eigenvalue weighted by molar-refractivity contribution is -0.970. The number of nitrogens with one attached hydrogen (secondary N) is 1. The second-order valence-electron chi connectivity index (χ2n) is 9.56. The number of quaternary nitrogens is 1. The van der Waals surface area contributed by atoms with Gasteiger partial charge in [-0.15, -0.1) is 0 Å². The van der Waals surface area contributed by atoms with Gasteiger partial charge in [0.25, 0.3) is 5.91 Å². The van der Waals surface area contributed by atoms with Crippen LogP contribution in [0.5, 0.6) is 0 Å². The number of carbonyl (C=O) groups excluding carboxylic acids is 2. The topological polar surface area (TPSA) is 55.4 Å². The average Bonchev–Trinajstić information content (AvgIpc) is 2.75. The fraction of sp³-hybridized carbons (Fsp3) is 0.481. The number of aryl methyl sites for hydroxylation is 2. The van der Waals surface area contributed by atoms with Crippen molar-refractivity contribution in [3.05, 3.63) is 65.2 Å². The second kappa shape index (κ2) is 9.45. The van der Waals surface area contributed by atoms with E-state index >= 15 is 0 Å². The third kappa shape index (κ3) is 4.31. The van der Waals surface area contributed by atoms with Gasteiger partial charge < -0.3 is 14.5 Å². The maximum atomic E-state index is 13.8. The fourth-order valence-electron chi connectivity index (χ4n) is 5.56. The predicted octanol–water partition coefficient (Wildman–Crippen LogP) is 4.91. The third-order valence-electron chi connectivity index (χ3n) is 7.58. The first-order valence-electron chi connectivity index (χ1n) is 11.9. The summed E-state index contributed by atoms with van der Waals surface area (Å²) in [5, 5.41) is 3.27. The molecule has 4 rings (SSSR count). The molecule has 5 nitrogen and oxygen atoms in total. The summed E-state index contributed by atoms with van der Waals surface area (Å²) in [5.41, 5.74) is 3.49. The number of amides is 1. The number of para-hydroxylation sites is 1. The van der Waals surface area contributed by atoms with Crippen molar-refractivity contribution >= 4 is 17.6 Å². The zero-order chi connectivity index (χ0) is 22.6. The number of benzene rings is 2. The maximum Gasteiger partial charge on any atom is 0.362 e. The number of carbonyl (C=O) groups is 2. The summed E-state index contributed by atoms with van der Waals surface area (Å²) in [6.45, 7) is 6.33. The molecule has 0 spiro atoms. The van der Waals surface area contributed by atoms with Crippen molar-refractivity contribution in [1.29, 1.82) is 0 Å². The summed E-state index contributed by atoms with van der Waals surface area (Å²) in [7, 11) is 0. The number of hydrogen-bond donors (Lipinski definition) is 1. The number of nitrogens with zero attached hydrogens (tertiary/aromatic N) is 1. The molecule has 0 atom stereocenters.